The number of carbonyl (C=O) groups excluding carboxylic acids is 1. The van der Waals surface area contributed by atoms with Gasteiger partial charge in [0.25, 0.3) is 0 Å². The van der Waals surface area contributed by atoms with Crippen LogP contribution < -0.4 is 4.90 Å². The van der Waals surface area contributed by atoms with Gasteiger partial charge in [-0.1, -0.05) is 30.3 Å². The molecule has 2 aromatic rings. The Hall–Kier alpha value is -2.62. The monoisotopic (exact) mass is 324 g/mol. The zero-order valence-electron chi connectivity index (χ0n) is 13.8. The minimum absolute atomic E-state index is 0.0675. The molecule has 0 aromatic heterocycles. The Morgan fingerprint density at radius 3 is 2.50 bits per heavy atom. The quantitative estimate of drug-likeness (QED) is 0.807. The Balaban J connectivity index is 1.58. The van der Waals surface area contributed by atoms with Gasteiger partial charge in [-0.3, -0.25) is 4.79 Å². The van der Waals surface area contributed by atoms with Crippen LogP contribution in [0.2, 0.25) is 0 Å². The predicted molar refractivity (Wildman–Crippen MR) is 95.4 cm³/mol. The lowest BCUT2D eigenvalue weighted by Crippen LogP contribution is -2.48. The van der Waals surface area contributed by atoms with Gasteiger partial charge in [0, 0.05) is 43.5 Å². The molecule has 1 amide bonds. The SMILES string of the molecule is Cc1cccc(N2CCN(C(=O)/C=C/c3ccccc3F)CC2)c1. The molecular formula is C20H21FN2O. The summed E-state index contributed by atoms with van der Waals surface area (Å²) in [6, 6.07) is 14.8. The molecule has 4 heteroatoms. The summed E-state index contributed by atoms with van der Waals surface area (Å²) in [4.78, 5) is 16.4. The molecule has 0 aliphatic carbocycles. The smallest absolute Gasteiger partial charge is 0.246 e. The lowest BCUT2D eigenvalue weighted by molar-refractivity contribution is -0.126. The van der Waals surface area contributed by atoms with E-state index in [2.05, 4.69) is 36.1 Å². The number of hydrogen-bond donors (Lipinski definition) is 0. The minimum Gasteiger partial charge on any atom is -0.368 e. The van der Waals surface area contributed by atoms with E-state index in [1.807, 2.05) is 4.90 Å². The van der Waals surface area contributed by atoms with E-state index in [4.69, 9.17) is 0 Å². The van der Waals surface area contributed by atoms with Crippen molar-refractivity contribution >= 4 is 17.7 Å². The molecule has 0 atom stereocenters. The first-order valence-electron chi connectivity index (χ1n) is 8.16. The van der Waals surface area contributed by atoms with Gasteiger partial charge in [0.2, 0.25) is 5.91 Å². The number of benzene rings is 2. The molecule has 124 valence electrons. The van der Waals surface area contributed by atoms with Crippen LogP contribution >= 0.6 is 0 Å². The second-order valence-electron chi connectivity index (χ2n) is 6.01. The molecule has 0 unspecified atom stereocenters. The van der Waals surface area contributed by atoms with Crippen LogP contribution in [-0.4, -0.2) is 37.0 Å². The molecule has 1 heterocycles. The van der Waals surface area contributed by atoms with Crippen LogP contribution in [0.25, 0.3) is 6.08 Å². The number of piperazine rings is 1. The summed E-state index contributed by atoms with van der Waals surface area (Å²) in [5.74, 6) is -0.382. The van der Waals surface area contributed by atoms with Gasteiger partial charge in [-0.2, -0.15) is 0 Å². The third-order valence-electron chi connectivity index (χ3n) is 4.27. The first kappa shape index (κ1) is 16.2. The van der Waals surface area contributed by atoms with Crippen molar-refractivity contribution in [3.05, 3.63) is 71.6 Å². The first-order chi connectivity index (χ1) is 11.6. The van der Waals surface area contributed by atoms with E-state index in [0.717, 1.165) is 13.1 Å². The number of hydrogen-bond acceptors (Lipinski definition) is 2. The van der Waals surface area contributed by atoms with E-state index < -0.39 is 0 Å². The van der Waals surface area contributed by atoms with Crippen LogP contribution in [-0.2, 0) is 4.79 Å². The van der Waals surface area contributed by atoms with E-state index in [-0.39, 0.29) is 11.7 Å². The highest BCUT2D eigenvalue weighted by Crippen LogP contribution is 2.18. The number of rotatable bonds is 3. The lowest BCUT2D eigenvalue weighted by Gasteiger charge is -2.35. The van der Waals surface area contributed by atoms with Gasteiger partial charge in [-0.15, -0.1) is 0 Å². The average Bonchev–Trinajstić information content (AvgIpc) is 2.61. The van der Waals surface area contributed by atoms with Crippen molar-refractivity contribution in [1.29, 1.82) is 0 Å². The molecule has 0 bridgehead atoms. The third kappa shape index (κ3) is 3.82. The summed E-state index contributed by atoms with van der Waals surface area (Å²) in [6.07, 6.45) is 3.01. The highest BCUT2D eigenvalue weighted by Gasteiger charge is 2.19. The van der Waals surface area contributed by atoms with Gasteiger partial charge in [0.15, 0.2) is 0 Å². The number of halogens is 1. The number of carbonyl (C=O) groups is 1. The number of amides is 1. The molecule has 3 rings (SSSR count). The maximum atomic E-state index is 13.6. The van der Waals surface area contributed by atoms with Gasteiger partial charge >= 0.3 is 0 Å². The van der Waals surface area contributed by atoms with E-state index in [1.165, 1.54) is 23.4 Å². The summed E-state index contributed by atoms with van der Waals surface area (Å²) in [5.41, 5.74) is 2.87. The van der Waals surface area contributed by atoms with Crippen molar-refractivity contribution in [3.8, 4) is 0 Å². The predicted octanol–water partition coefficient (Wildman–Crippen LogP) is 3.50. The Bertz CT molecular complexity index is 749. The molecule has 1 aliphatic rings. The van der Waals surface area contributed by atoms with E-state index in [9.17, 15) is 9.18 Å². The second-order valence-corrected chi connectivity index (χ2v) is 6.01. The van der Waals surface area contributed by atoms with Gasteiger partial charge in [-0.05, 0) is 36.8 Å². The summed E-state index contributed by atoms with van der Waals surface area (Å²) in [7, 11) is 0. The van der Waals surface area contributed by atoms with Crippen LogP contribution in [0, 0.1) is 12.7 Å². The maximum absolute atomic E-state index is 13.6. The van der Waals surface area contributed by atoms with Gasteiger partial charge < -0.3 is 9.80 Å². The van der Waals surface area contributed by atoms with Crippen molar-refractivity contribution in [2.75, 3.05) is 31.1 Å². The van der Waals surface area contributed by atoms with E-state index >= 15 is 0 Å². The van der Waals surface area contributed by atoms with E-state index in [1.54, 1.807) is 24.3 Å². The Labute approximate surface area is 142 Å². The molecule has 3 nitrogen and oxygen atoms in total. The van der Waals surface area contributed by atoms with Crippen molar-refractivity contribution in [2.45, 2.75) is 6.92 Å². The first-order valence-corrected chi connectivity index (χ1v) is 8.16. The number of nitrogens with zero attached hydrogens (tertiary/aromatic N) is 2. The van der Waals surface area contributed by atoms with Gasteiger partial charge in [-0.25, -0.2) is 4.39 Å². The van der Waals surface area contributed by atoms with Crippen LogP contribution in [0.4, 0.5) is 10.1 Å². The zero-order valence-corrected chi connectivity index (χ0v) is 13.8. The van der Waals surface area contributed by atoms with E-state index in [0.29, 0.717) is 18.7 Å². The van der Waals surface area contributed by atoms with Crippen LogP contribution in [0.1, 0.15) is 11.1 Å². The average molecular weight is 324 g/mol. The number of aryl methyl sites for hydroxylation is 1. The van der Waals surface area contributed by atoms with Crippen LogP contribution in [0.3, 0.4) is 0 Å². The largest absolute Gasteiger partial charge is 0.368 e. The molecule has 1 fully saturated rings. The molecule has 0 saturated carbocycles. The van der Waals surface area contributed by atoms with Gasteiger partial charge in [0.05, 0.1) is 0 Å². The van der Waals surface area contributed by atoms with Crippen molar-refractivity contribution < 1.29 is 9.18 Å². The molecular weight excluding hydrogens is 303 g/mol. The Kier molecular flexibility index (Phi) is 4.94. The third-order valence-corrected chi connectivity index (χ3v) is 4.27. The summed E-state index contributed by atoms with van der Waals surface area (Å²) < 4.78 is 13.6. The molecule has 24 heavy (non-hydrogen) atoms. The lowest BCUT2D eigenvalue weighted by atomic mass is 10.2. The van der Waals surface area contributed by atoms with Crippen molar-refractivity contribution in [1.82, 2.24) is 4.90 Å². The minimum atomic E-state index is -0.314. The van der Waals surface area contributed by atoms with Gasteiger partial charge in [0.1, 0.15) is 5.82 Å². The van der Waals surface area contributed by atoms with Crippen LogP contribution in [0.5, 0.6) is 0 Å². The second kappa shape index (κ2) is 7.30. The molecule has 1 aliphatic heterocycles. The molecule has 0 radical (unpaired) electrons. The Morgan fingerprint density at radius 1 is 1.04 bits per heavy atom. The standard InChI is InChI=1S/C20H21FN2O/c1-16-5-4-7-18(15-16)22-11-13-23(14-12-22)20(24)10-9-17-6-2-3-8-19(17)21/h2-10,15H,11-14H2,1H3/b10-9+. The maximum Gasteiger partial charge on any atom is 0.246 e. The number of anilines is 1. The molecule has 0 spiro atoms. The fraction of sp³-hybridized carbons (Fsp3) is 0.250. The topological polar surface area (TPSA) is 23.6 Å². The summed E-state index contributed by atoms with van der Waals surface area (Å²) in [6.45, 7) is 5.05. The van der Waals surface area contributed by atoms with Crippen molar-refractivity contribution in [2.24, 2.45) is 0 Å². The normalized spacial score (nSPS) is 15.1. The summed E-state index contributed by atoms with van der Waals surface area (Å²) >= 11 is 0. The Morgan fingerprint density at radius 2 is 1.79 bits per heavy atom. The fourth-order valence-corrected chi connectivity index (χ4v) is 2.89. The zero-order chi connectivity index (χ0) is 16.9. The molecule has 2 aromatic carbocycles. The van der Waals surface area contributed by atoms with Crippen molar-refractivity contribution in [3.63, 3.8) is 0 Å². The molecule has 0 N–H and O–H groups in total. The van der Waals surface area contributed by atoms with Crippen LogP contribution in [0.15, 0.2) is 54.6 Å². The highest BCUT2D eigenvalue weighted by atomic mass is 19.1. The summed E-state index contributed by atoms with van der Waals surface area (Å²) in [5, 5.41) is 0. The molecule has 1 saturated heterocycles. The fourth-order valence-electron chi connectivity index (χ4n) is 2.89. The highest BCUT2D eigenvalue weighted by molar-refractivity contribution is 5.92.